The van der Waals surface area contributed by atoms with Crippen molar-refractivity contribution in [3.8, 4) is 22.3 Å². The number of nitrogens with zero attached hydrogens (tertiary/aromatic N) is 2. The zero-order valence-electron chi connectivity index (χ0n) is 26.5. The van der Waals surface area contributed by atoms with E-state index in [-0.39, 0.29) is 5.41 Å². The maximum atomic E-state index is 4.07. The molecule has 1 aromatic heterocycles. The maximum absolute atomic E-state index is 4.07. The van der Waals surface area contributed by atoms with Gasteiger partial charge in [0.1, 0.15) is 0 Å². The summed E-state index contributed by atoms with van der Waals surface area (Å²) in [5.41, 5.74) is 14.7. The van der Waals surface area contributed by atoms with Crippen molar-refractivity contribution in [1.29, 1.82) is 0 Å². The van der Waals surface area contributed by atoms with Gasteiger partial charge in [0.05, 0.1) is 11.0 Å². The van der Waals surface area contributed by atoms with Crippen LogP contribution >= 0.6 is 0 Å². The van der Waals surface area contributed by atoms with E-state index in [9.17, 15) is 0 Å². The van der Waals surface area contributed by atoms with E-state index in [0.29, 0.717) is 0 Å². The van der Waals surface area contributed by atoms with Crippen molar-refractivity contribution in [2.75, 3.05) is 4.90 Å². The van der Waals surface area contributed by atoms with Gasteiger partial charge < -0.3 is 9.47 Å². The van der Waals surface area contributed by atoms with Crippen LogP contribution in [0.2, 0.25) is 0 Å². The third-order valence-corrected chi connectivity index (χ3v) is 9.73. The average Bonchev–Trinajstić information content (AvgIpc) is 3.55. The fraction of sp³-hybridized carbons (Fsp3) is 0.0909. The highest BCUT2D eigenvalue weighted by molar-refractivity contribution is 6.11. The van der Waals surface area contributed by atoms with Gasteiger partial charge in [-0.25, -0.2) is 0 Å². The normalized spacial score (nSPS) is 13.5. The molecule has 46 heavy (non-hydrogen) atoms. The molecule has 0 fully saturated rings. The molecule has 2 heteroatoms. The molecule has 0 spiro atoms. The summed E-state index contributed by atoms with van der Waals surface area (Å²) in [6.07, 6.45) is 4.04. The molecule has 222 valence electrons. The average molecular weight is 593 g/mol. The molecule has 2 nitrogen and oxygen atoms in total. The third kappa shape index (κ3) is 4.25. The van der Waals surface area contributed by atoms with Crippen LogP contribution in [0.1, 0.15) is 31.9 Å². The van der Waals surface area contributed by atoms with Crippen molar-refractivity contribution >= 4 is 44.6 Å². The SMILES string of the molecule is C=C/C(=C\C)n1c2ccccc2c2cc(-c3ccc(N(c4ccccc4)c4ccc5c(c4)C(C)(C)c4ccccc4-5)cc3)ccc21. The Labute approximate surface area is 271 Å². The van der Waals surface area contributed by atoms with Crippen LogP contribution in [0.3, 0.4) is 0 Å². The zero-order chi connectivity index (χ0) is 31.4. The predicted molar refractivity (Wildman–Crippen MR) is 197 cm³/mol. The molecule has 0 N–H and O–H groups in total. The van der Waals surface area contributed by atoms with Gasteiger partial charge in [0.15, 0.2) is 0 Å². The Morgan fingerprint density at radius 2 is 1.22 bits per heavy atom. The van der Waals surface area contributed by atoms with Gasteiger partial charge in [-0.2, -0.15) is 0 Å². The second-order valence-electron chi connectivity index (χ2n) is 12.6. The van der Waals surface area contributed by atoms with Gasteiger partial charge in [-0.1, -0.05) is 111 Å². The Balaban J connectivity index is 1.22. The molecule has 0 atom stereocenters. The Morgan fingerprint density at radius 3 is 2.00 bits per heavy atom. The lowest BCUT2D eigenvalue weighted by molar-refractivity contribution is 0.660. The summed E-state index contributed by atoms with van der Waals surface area (Å²) in [7, 11) is 0. The van der Waals surface area contributed by atoms with Gasteiger partial charge in [0.2, 0.25) is 0 Å². The summed E-state index contributed by atoms with van der Waals surface area (Å²) in [6.45, 7) is 10.8. The Hall–Kier alpha value is -5.60. The first-order chi connectivity index (χ1) is 22.5. The lowest BCUT2D eigenvalue weighted by Gasteiger charge is -2.28. The Morgan fingerprint density at radius 1 is 0.587 bits per heavy atom. The number of rotatable bonds is 6. The van der Waals surface area contributed by atoms with E-state index in [1.165, 1.54) is 55.2 Å². The van der Waals surface area contributed by atoms with Crippen LogP contribution in [-0.2, 0) is 5.41 Å². The van der Waals surface area contributed by atoms with E-state index in [2.05, 4.69) is 182 Å². The fourth-order valence-electron chi connectivity index (χ4n) is 7.43. The number of fused-ring (bicyclic) bond motifs is 6. The number of benzene rings is 6. The van der Waals surface area contributed by atoms with E-state index in [0.717, 1.165) is 22.8 Å². The first-order valence-corrected chi connectivity index (χ1v) is 16.0. The summed E-state index contributed by atoms with van der Waals surface area (Å²) < 4.78 is 2.30. The molecule has 0 radical (unpaired) electrons. The van der Waals surface area contributed by atoms with Crippen molar-refractivity contribution in [2.24, 2.45) is 0 Å². The Bertz CT molecular complexity index is 2300. The molecule has 8 rings (SSSR count). The minimum atomic E-state index is -0.0602. The fourth-order valence-corrected chi connectivity index (χ4v) is 7.43. The van der Waals surface area contributed by atoms with Crippen LogP contribution in [0, 0.1) is 0 Å². The first-order valence-electron chi connectivity index (χ1n) is 16.0. The van der Waals surface area contributed by atoms with Crippen LogP contribution < -0.4 is 4.90 Å². The second-order valence-corrected chi connectivity index (χ2v) is 12.6. The van der Waals surface area contributed by atoms with E-state index in [1.807, 2.05) is 6.08 Å². The van der Waals surface area contributed by atoms with Crippen LogP contribution in [0.15, 0.2) is 158 Å². The van der Waals surface area contributed by atoms with Gasteiger partial charge in [-0.15, -0.1) is 0 Å². The number of allylic oxidation sites excluding steroid dienone is 3. The maximum Gasteiger partial charge on any atom is 0.0541 e. The van der Waals surface area contributed by atoms with Crippen LogP contribution in [-0.4, -0.2) is 4.57 Å². The molecule has 0 aliphatic heterocycles. The molecule has 0 amide bonds. The molecule has 7 aromatic rings. The molecular weight excluding hydrogens is 556 g/mol. The molecule has 1 aliphatic rings. The van der Waals surface area contributed by atoms with Crippen molar-refractivity contribution in [3.05, 3.63) is 169 Å². The monoisotopic (exact) mass is 592 g/mol. The highest BCUT2D eigenvalue weighted by Gasteiger charge is 2.35. The molecule has 0 unspecified atom stereocenters. The summed E-state index contributed by atoms with van der Waals surface area (Å²) in [5.74, 6) is 0. The van der Waals surface area contributed by atoms with Crippen LogP contribution in [0.5, 0.6) is 0 Å². The van der Waals surface area contributed by atoms with Gasteiger partial charge >= 0.3 is 0 Å². The van der Waals surface area contributed by atoms with Gasteiger partial charge in [-0.05, 0) is 101 Å². The van der Waals surface area contributed by atoms with E-state index >= 15 is 0 Å². The quantitative estimate of drug-likeness (QED) is 0.174. The largest absolute Gasteiger partial charge is 0.310 e. The molecule has 0 saturated carbocycles. The minimum Gasteiger partial charge on any atom is -0.310 e. The van der Waals surface area contributed by atoms with Crippen molar-refractivity contribution < 1.29 is 0 Å². The van der Waals surface area contributed by atoms with E-state index in [1.54, 1.807) is 0 Å². The number of aromatic nitrogens is 1. The standard InChI is InChI=1S/C44H36N2/c1-5-32(6-2)46-42-19-13-11-17-38(42)39-28-31(22-27-43(39)46)30-20-23-34(24-21-30)45(33-14-8-7-9-15-33)35-25-26-37-36-16-10-12-18-40(36)44(3,4)41(37)29-35/h5-29H,1H2,2-4H3/b32-6+. The summed E-state index contributed by atoms with van der Waals surface area (Å²) in [4.78, 5) is 2.37. The van der Waals surface area contributed by atoms with E-state index < -0.39 is 0 Å². The molecule has 6 aromatic carbocycles. The van der Waals surface area contributed by atoms with Crippen molar-refractivity contribution in [2.45, 2.75) is 26.2 Å². The zero-order valence-corrected chi connectivity index (χ0v) is 26.5. The number of para-hydroxylation sites is 2. The molecule has 0 saturated heterocycles. The summed E-state index contributed by atoms with van der Waals surface area (Å²) in [5, 5.41) is 2.49. The highest BCUT2D eigenvalue weighted by atomic mass is 15.1. The Kier molecular flexibility index (Phi) is 6.54. The van der Waals surface area contributed by atoms with Gasteiger partial charge in [0, 0.05) is 38.9 Å². The molecule has 1 aliphatic carbocycles. The second kappa shape index (κ2) is 10.8. The number of anilines is 3. The smallest absolute Gasteiger partial charge is 0.0541 e. The first kappa shape index (κ1) is 27.9. The number of hydrogen-bond donors (Lipinski definition) is 0. The van der Waals surface area contributed by atoms with E-state index in [4.69, 9.17) is 0 Å². The summed E-state index contributed by atoms with van der Waals surface area (Å²) >= 11 is 0. The third-order valence-electron chi connectivity index (χ3n) is 9.73. The minimum absolute atomic E-state index is 0.0602. The molecular formula is C44H36N2. The molecule has 1 heterocycles. The summed E-state index contributed by atoms with van der Waals surface area (Å²) in [6, 6.07) is 50.9. The predicted octanol–water partition coefficient (Wildman–Crippen LogP) is 12.3. The highest BCUT2D eigenvalue weighted by Crippen LogP contribution is 2.50. The van der Waals surface area contributed by atoms with Gasteiger partial charge in [0.25, 0.3) is 0 Å². The van der Waals surface area contributed by atoms with Gasteiger partial charge in [-0.3, -0.25) is 0 Å². The van der Waals surface area contributed by atoms with Crippen molar-refractivity contribution in [1.82, 2.24) is 4.57 Å². The van der Waals surface area contributed by atoms with Crippen molar-refractivity contribution in [3.63, 3.8) is 0 Å². The number of hydrogen-bond acceptors (Lipinski definition) is 1. The topological polar surface area (TPSA) is 8.17 Å². The molecule has 0 bridgehead atoms. The van der Waals surface area contributed by atoms with Crippen LogP contribution in [0.25, 0.3) is 49.8 Å². The lowest BCUT2D eigenvalue weighted by Crippen LogP contribution is -2.16. The van der Waals surface area contributed by atoms with Crippen LogP contribution in [0.4, 0.5) is 17.1 Å². The lowest BCUT2D eigenvalue weighted by atomic mass is 9.82.